The Morgan fingerprint density at radius 2 is 2.16 bits per heavy atom. The second-order valence-corrected chi connectivity index (χ2v) is 5.59. The van der Waals surface area contributed by atoms with Gasteiger partial charge in [0.15, 0.2) is 0 Å². The number of fused-ring (bicyclic) bond motifs is 3. The molecule has 1 aromatic carbocycles. The van der Waals surface area contributed by atoms with Crippen molar-refractivity contribution in [1.29, 1.82) is 0 Å². The van der Waals surface area contributed by atoms with Gasteiger partial charge in [0.2, 0.25) is 0 Å². The molecule has 102 valence electrons. The molecule has 0 amide bonds. The zero-order valence-corrected chi connectivity index (χ0v) is 12.0. The van der Waals surface area contributed by atoms with Crippen LogP contribution in [0.2, 0.25) is 0 Å². The van der Waals surface area contributed by atoms with Crippen molar-refractivity contribution in [3.63, 3.8) is 0 Å². The van der Waals surface area contributed by atoms with Crippen LogP contribution in [0.15, 0.2) is 24.3 Å². The van der Waals surface area contributed by atoms with E-state index in [2.05, 4.69) is 48.1 Å². The van der Waals surface area contributed by atoms with Gasteiger partial charge in [-0.25, -0.2) is 0 Å². The lowest BCUT2D eigenvalue weighted by Crippen LogP contribution is -2.36. The van der Waals surface area contributed by atoms with Crippen LogP contribution in [0.1, 0.15) is 24.6 Å². The van der Waals surface area contributed by atoms with Crippen molar-refractivity contribution in [2.45, 2.75) is 25.4 Å². The van der Waals surface area contributed by atoms with E-state index in [0.29, 0.717) is 0 Å². The van der Waals surface area contributed by atoms with Crippen LogP contribution in [0.4, 0.5) is 0 Å². The fraction of sp³-hybridized carbons (Fsp3) is 0.500. The van der Waals surface area contributed by atoms with E-state index in [9.17, 15) is 0 Å². The molecule has 0 radical (unpaired) electrons. The molecular formula is C16H22N2O. The number of para-hydroxylation sites is 1. The lowest BCUT2D eigenvalue weighted by molar-refractivity contribution is -0.0561. The number of aryl methyl sites for hydroxylation is 1. The van der Waals surface area contributed by atoms with Gasteiger partial charge in [-0.05, 0) is 45.0 Å². The molecule has 3 heteroatoms. The van der Waals surface area contributed by atoms with Gasteiger partial charge in [0.25, 0.3) is 0 Å². The predicted octanol–water partition coefficient (Wildman–Crippen LogP) is 2.58. The second kappa shape index (κ2) is 4.66. The van der Waals surface area contributed by atoms with E-state index < -0.39 is 0 Å². The Morgan fingerprint density at radius 1 is 1.37 bits per heavy atom. The molecule has 1 aromatic heterocycles. The highest BCUT2D eigenvalue weighted by Gasteiger charge is 2.36. The van der Waals surface area contributed by atoms with Crippen LogP contribution in [-0.4, -0.2) is 24.8 Å². The minimum absolute atomic E-state index is 0.176. The summed E-state index contributed by atoms with van der Waals surface area (Å²) in [5.41, 5.74) is 3.97. The number of hydrogen-bond acceptors (Lipinski definition) is 2. The molecule has 3 nitrogen and oxygen atoms in total. The number of hydrogen-bond donors (Lipinski definition) is 1. The third-order valence-corrected chi connectivity index (χ3v) is 4.34. The van der Waals surface area contributed by atoms with E-state index in [-0.39, 0.29) is 5.60 Å². The van der Waals surface area contributed by atoms with Crippen molar-refractivity contribution in [2.24, 2.45) is 7.05 Å². The Balaban J connectivity index is 2.19. The molecule has 0 bridgehead atoms. The van der Waals surface area contributed by atoms with Gasteiger partial charge in [-0.3, -0.25) is 0 Å². The Hall–Kier alpha value is -1.32. The fourth-order valence-corrected chi connectivity index (χ4v) is 3.40. The van der Waals surface area contributed by atoms with Crippen LogP contribution >= 0.6 is 0 Å². The van der Waals surface area contributed by atoms with Crippen molar-refractivity contribution in [2.75, 3.05) is 20.2 Å². The zero-order valence-electron chi connectivity index (χ0n) is 12.0. The Kier molecular flexibility index (Phi) is 3.11. The number of rotatable bonds is 3. The molecule has 1 atom stereocenters. The summed E-state index contributed by atoms with van der Waals surface area (Å²) in [4.78, 5) is 0. The first-order valence-electron chi connectivity index (χ1n) is 7.03. The van der Waals surface area contributed by atoms with Gasteiger partial charge in [0, 0.05) is 18.0 Å². The number of nitrogens with zero attached hydrogens (tertiary/aromatic N) is 1. The van der Waals surface area contributed by atoms with Gasteiger partial charge in [0.1, 0.15) is 5.60 Å². The van der Waals surface area contributed by atoms with E-state index in [1.54, 1.807) is 0 Å². The lowest BCUT2D eigenvalue weighted by Gasteiger charge is -2.35. The minimum atomic E-state index is -0.176. The van der Waals surface area contributed by atoms with Crippen molar-refractivity contribution >= 4 is 10.9 Å². The predicted molar refractivity (Wildman–Crippen MR) is 78.5 cm³/mol. The largest absolute Gasteiger partial charge is 0.369 e. The summed E-state index contributed by atoms with van der Waals surface area (Å²) in [7, 11) is 4.15. The quantitative estimate of drug-likeness (QED) is 0.916. The van der Waals surface area contributed by atoms with Crippen molar-refractivity contribution in [3.05, 3.63) is 35.5 Å². The van der Waals surface area contributed by atoms with Crippen LogP contribution in [-0.2, 0) is 23.8 Å². The van der Waals surface area contributed by atoms with E-state index >= 15 is 0 Å². The van der Waals surface area contributed by atoms with Crippen molar-refractivity contribution in [3.8, 4) is 0 Å². The topological polar surface area (TPSA) is 26.2 Å². The molecule has 1 aliphatic heterocycles. The maximum absolute atomic E-state index is 6.14. The normalized spacial score (nSPS) is 22.7. The zero-order chi connectivity index (χ0) is 13.5. The van der Waals surface area contributed by atoms with Crippen molar-refractivity contribution < 1.29 is 4.74 Å². The number of aromatic nitrogens is 1. The molecule has 0 fully saturated rings. The van der Waals surface area contributed by atoms with Gasteiger partial charge in [0.05, 0.1) is 12.3 Å². The van der Waals surface area contributed by atoms with Gasteiger partial charge in [-0.2, -0.15) is 0 Å². The fourth-order valence-electron chi connectivity index (χ4n) is 3.40. The average molecular weight is 258 g/mol. The summed E-state index contributed by atoms with van der Waals surface area (Å²) in [6.45, 7) is 4.01. The molecule has 3 rings (SSSR count). The van der Waals surface area contributed by atoms with Crippen molar-refractivity contribution in [1.82, 2.24) is 9.88 Å². The second-order valence-electron chi connectivity index (χ2n) is 5.59. The summed E-state index contributed by atoms with van der Waals surface area (Å²) < 4.78 is 8.46. The number of ether oxygens (including phenoxy) is 1. The summed E-state index contributed by atoms with van der Waals surface area (Å²) in [5.74, 6) is 0. The number of benzene rings is 1. The van der Waals surface area contributed by atoms with Gasteiger partial charge in [-0.1, -0.05) is 18.2 Å². The van der Waals surface area contributed by atoms with Gasteiger partial charge < -0.3 is 14.6 Å². The highest BCUT2D eigenvalue weighted by molar-refractivity contribution is 5.86. The van der Waals surface area contributed by atoms with E-state index in [1.807, 2.05) is 7.05 Å². The summed E-state index contributed by atoms with van der Waals surface area (Å²) in [6, 6.07) is 8.67. The molecule has 0 saturated heterocycles. The molecule has 1 unspecified atom stereocenters. The van der Waals surface area contributed by atoms with Crippen LogP contribution in [0.3, 0.4) is 0 Å². The average Bonchev–Trinajstić information content (AvgIpc) is 2.73. The molecule has 0 aliphatic carbocycles. The summed E-state index contributed by atoms with van der Waals surface area (Å²) >= 11 is 0. The van der Waals surface area contributed by atoms with Crippen LogP contribution in [0.5, 0.6) is 0 Å². The molecular weight excluding hydrogens is 236 g/mol. The molecule has 2 heterocycles. The van der Waals surface area contributed by atoms with Crippen LogP contribution in [0, 0.1) is 0 Å². The third-order valence-electron chi connectivity index (χ3n) is 4.34. The monoisotopic (exact) mass is 258 g/mol. The molecule has 1 N–H and O–H groups in total. The Bertz CT molecular complexity index is 602. The first-order valence-corrected chi connectivity index (χ1v) is 7.03. The maximum atomic E-state index is 6.14. The smallest absolute Gasteiger partial charge is 0.107 e. The third kappa shape index (κ3) is 1.88. The molecule has 1 aliphatic rings. The number of nitrogens with one attached hydrogen (secondary N) is 1. The molecule has 0 saturated carbocycles. The molecule has 2 aromatic rings. The maximum Gasteiger partial charge on any atom is 0.107 e. The molecule has 0 spiro atoms. The van der Waals surface area contributed by atoms with E-state index in [4.69, 9.17) is 4.74 Å². The van der Waals surface area contributed by atoms with Gasteiger partial charge in [-0.15, -0.1) is 0 Å². The lowest BCUT2D eigenvalue weighted by atomic mass is 9.90. The van der Waals surface area contributed by atoms with Crippen LogP contribution < -0.4 is 5.32 Å². The minimum Gasteiger partial charge on any atom is -0.369 e. The first kappa shape index (κ1) is 12.7. The van der Waals surface area contributed by atoms with E-state index in [1.165, 1.54) is 22.2 Å². The van der Waals surface area contributed by atoms with Crippen LogP contribution in [0.25, 0.3) is 10.9 Å². The Labute approximate surface area is 114 Å². The SMILES string of the molecule is CNCCC1(C)OCCc2c1n(C)c1ccccc21. The highest BCUT2D eigenvalue weighted by Crippen LogP contribution is 2.40. The van der Waals surface area contributed by atoms with Gasteiger partial charge >= 0.3 is 0 Å². The summed E-state index contributed by atoms with van der Waals surface area (Å²) in [6.07, 6.45) is 2.02. The molecule has 19 heavy (non-hydrogen) atoms. The highest BCUT2D eigenvalue weighted by atomic mass is 16.5. The van der Waals surface area contributed by atoms with E-state index in [0.717, 1.165) is 26.0 Å². The standard InChI is InChI=1S/C16H22N2O/c1-16(9-10-17-2)15-13(8-11-19-16)12-6-4-5-7-14(12)18(15)3/h4-7,17H,8-11H2,1-3H3. The first-order chi connectivity index (χ1) is 9.17. The summed E-state index contributed by atoms with van der Waals surface area (Å²) in [5, 5.41) is 4.62. The Morgan fingerprint density at radius 3 is 2.95 bits per heavy atom.